The Morgan fingerprint density at radius 2 is 1.50 bits per heavy atom. The zero-order valence-corrected chi connectivity index (χ0v) is 13.7. The van der Waals surface area contributed by atoms with E-state index in [-0.39, 0.29) is 6.04 Å². The number of nitrogens with zero attached hydrogens (tertiary/aromatic N) is 1. The number of hydrogen-bond acceptors (Lipinski definition) is 2. The Morgan fingerprint density at radius 3 is 2.05 bits per heavy atom. The third kappa shape index (κ3) is 2.59. The van der Waals surface area contributed by atoms with Gasteiger partial charge in [-0.1, -0.05) is 24.3 Å². The Balaban J connectivity index is 1.56. The van der Waals surface area contributed by atoms with Crippen LogP contribution in [0.1, 0.15) is 36.8 Å². The second kappa shape index (κ2) is 5.62. The van der Waals surface area contributed by atoms with Gasteiger partial charge in [0.15, 0.2) is 0 Å². The van der Waals surface area contributed by atoms with E-state index in [9.17, 15) is 8.42 Å². The van der Waals surface area contributed by atoms with E-state index in [2.05, 4.69) is 29.0 Å². The van der Waals surface area contributed by atoms with Crippen LogP contribution in [0.4, 0.5) is 0 Å². The molecular weight excluding hydrogens is 296 g/mol. The van der Waals surface area contributed by atoms with Gasteiger partial charge in [-0.3, -0.25) is 0 Å². The van der Waals surface area contributed by atoms with Gasteiger partial charge in [-0.15, -0.1) is 0 Å². The maximum absolute atomic E-state index is 12.6. The largest absolute Gasteiger partial charge is 0.279 e. The predicted molar refractivity (Wildman–Crippen MR) is 86.7 cm³/mol. The molecule has 2 aliphatic carbocycles. The lowest BCUT2D eigenvalue weighted by Gasteiger charge is -2.26. The molecule has 1 heterocycles. The first-order valence-corrected chi connectivity index (χ1v) is 9.92. The molecule has 0 amide bonds. The summed E-state index contributed by atoms with van der Waals surface area (Å²) in [6.07, 6.45) is 6.30. The summed E-state index contributed by atoms with van der Waals surface area (Å²) in [5.41, 5.74) is 2.83. The van der Waals surface area contributed by atoms with Crippen molar-refractivity contribution >= 4 is 10.2 Å². The SMILES string of the molecule is O=S(=O)(NC1C2CCC1Cc1ccccc1C2)N1CCCC1. The number of hydrogen-bond donors (Lipinski definition) is 1. The molecule has 1 saturated heterocycles. The summed E-state index contributed by atoms with van der Waals surface area (Å²) in [5.74, 6) is 0.900. The minimum absolute atomic E-state index is 0.109. The lowest BCUT2D eigenvalue weighted by Crippen LogP contribution is -2.48. The van der Waals surface area contributed by atoms with E-state index >= 15 is 0 Å². The minimum atomic E-state index is -3.31. The van der Waals surface area contributed by atoms with Gasteiger partial charge in [-0.2, -0.15) is 17.4 Å². The lowest BCUT2D eigenvalue weighted by atomic mass is 9.94. The molecule has 1 saturated carbocycles. The molecule has 120 valence electrons. The Morgan fingerprint density at radius 1 is 0.955 bits per heavy atom. The molecule has 4 rings (SSSR count). The molecule has 1 aromatic rings. The zero-order valence-electron chi connectivity index (χ0n) is 12.9. The van der Waals surface area contributed by atoms with Crippen molar-refractivity contribution in [2.75, 3.05) is 13.1 Å². The predicted octanol–water partition coefficient (Wildman–Crippen LogP) is 2.11. The molecule has 2 fully saturated rings. The van der Waals surface area contributed by atoms with E-state index in [0.717, 1.165) is 38.5 Å². The number of nitrogens with one attached hydrogen (secondary N) is 1. The van der Waals surface area contributed by atoms with Crippen LogP contribution in [-0.2, 0) is 23.1 Å². The van der Waals surface area contributed by atoms with Crippen LogP contribution in [0.25, 0.3) is 0 Å². The van der Waals surface area contributed by atoms with Gasteiger partial charge in [-0.25, -0.2) is 0 Å². The van der Waals surface area contributed by atoms with Crippen LogP contribution in [0.2, 0.25) is 0 Å². The van der Waals surface area contributed by atoms with Crippen LogP contribution in [0.3, 0.4) is 0 Å². The third-order valence-corrected chi connectivity index (χ3v) is 7.31. The number of rotatable bonds is 3. The van der Waals surface area contributed by atoms with E-state index in [0.29, 0.717) is 24.9 Å². The van der Waals surface area contributed by atoms with Crippen molar-refractivity contribution in [2.45, 2.75) is 44.6 Å². The molecule has 2 unspecified atom stereocenters. The third-order valence-electron chi connectivity index (χ3n) is 5.70. The summed E-state index contributed by atoms with van der Waals surface area (Å²) in [5, 5.41) is 0. The normalized spacial score (nSPS) is 31.9. The molecule has 3 aliphatic rings. The Hall–Kier alpha value is -0.910. The van der Waals surface area contributed by atoms with Gasteiger partial charge in [0.2, 0.25) is 0 Å². The first-order valence-electron chi connectivity index (χ1n) is 8.48. The van der Waals surface area contributed by atoms with Crippen LogP contribution in [-0.4, -0.2) is 31.9 Å². The number of fused-ring (bicyclic) bond motifs is 3. The lowest BCUT2D eigenvalue weighted by molar-refractivity contribution is 0.369. The van der Waals surface area contributed by atoms with Crippen LogP contribution >= 0.6 is 0 Å². The van der Waals surface area contributed by atoms with Gasteiger partial charge in [0, 0.05) is 19.1 Å². The Kier molecular flexibility index (Phi) is 3.75. The standard InChI is InChI=1S/C17H24N2O2S/c20-22(21,19-9-3-4-10-19)18-17-15-7-8-16(17)12-14-6-2-1-5-13(14)11-15/h1-2,5-6,15-18H,3-4,7-12H2. The molecule has 0 radical (unpaired) electrons. The van der Waals surface area contributed by atoms with E-state index in [1.807, 2.05) is 0 Å². The molecule has 1 aliphatic heterocycles. The zero-order chi connectivity index (χ0) is 15.2. The molecule has 22 heavy (non-hydrogen) atoms. The molecule has 4 nitrogen and oxygen atoms in total. The summed E-state index contributed by atoms with van der Waals surface area (Å²) in [6, 6.07) is 8.73. The highest BCUT2D eigenvalue weighted by Gasteiger charge is 2.42. The topological polar surface area (TPSA) is 49.4 Å². The fourth-order valence-corrected chi connectivity index (χ4v) is 6.14. The molecule has 5 heteroatoms. The maximum atomic E-state index is 12.6. The second-order valence-corrected chi connectivity index (χ2v) is 8.73. The summed E-state index contributed by atoms with van der Waals surface area (Å²) >= 11 is 0. The fourth-order valence-electron chi connectivity index (χ4n) is 4.52. The van der Waals surface area contributed by atoms with E-state index in [4.69, 9.17) is 0 Å². The van der Waals surface area contributed by atoms with Gasteiger partial charge < -0.3 is 0 Å². The van der Waals surface area contributed by atoms with Crippen LogP contribution in [0.15, 0.2) is 24.3 Å². The highest BCUT2D eigenvalue weighted by atomic mass is 32.2. The van der Waals surface area contributed by atoms with E-state index in [1.54, 1.807) is 4.31 Å². The molecule has 0 spiro atoms. The fraction of sp³-hybridized carbons (Fsp3) is 0.647. The Bertz CT molecular complexity index is 619. The molecule has 0 aromatic heterocycles. The maximum Gasteiger partial charge on any atom is 0.279 e. The highest BCUT2D eigenvalue weighted by Crippen LogP contribution is 2.40. The van der Waals surface area contributed by atoms with Crippen molar-refractivity contribution in [3.8, 4) is 0 Å². The summed E-state index contributed by atoms with van der Waals surface area (Å²) in [7, 11) is -3.31. The van der Waals surface area contributed by atoms with Crippen molar-refractivity contribution in [1.82, 2.24) is 9.03 Å². The van der Waals surface area contributed by atoms with Gasteiger partial charge in [-0.05, 0) is 61.5 Å². The Labute approximate surface area is 133 Å². The van der Waals surface area contributed by atoms with Gasteiger partial charge in [0.05, 0.1) is 0 Å². The average molecular weight is 320 g/mol. The minimum Gasteiger partial charge on any atom is -0.198 e. The molecule has 2 bridgehead atoms. The second-order valence-electron chi connectivity index (χ2n) is 7.03. The summed E-state index contributed by atoms with van der Waals surface area (Å²) in [6.45, 7) is 1.36. The molecule has 1 aromatic carbocycles. The molecule has 2 atom stereocenters. The highest BCUT2D eigenvalue weighted by molar-refractivity contribution is 7.87. The van der Waals surface area contributed by atoms with Crippen LogP contribution in [0, 0.1) is 11.8 Å². The monoisotopic (exact) mass is 320 g/mol. The smallest absolute Gasteiger partial charge is 0.198 e. The van der Waals surface area contributed by atoms with E-state index < -0.39 is 10.2 Å². The van der Waals surface area contributed by atoms with Crippen LogP contribution in [0.5, 0.6) is 0 Å². The van der Waals surface area contributed by atoms with Gasteiger partial charge in [0.25, 0.3) is 10.2 Å². The van der Waals surface area contributed by atoms with Crippen molar-refractivity contribution in [3.05, 3.63) is 35.4 Å². The quantitative estimate of drug-likeness (QED) is 0.927. The molecule has 1 N–H and O–H groups in total. The van der Waals surface area contributed by atoms with Gasteiger partial charge >= 0.3 is 0 Å². The van der Waals surface area contributed by atoms with Crippen molar-refractivity contribution in [2.24, 2.45) is 11.8 Å². The number of benzene rings is 1. The van der Waals surface area contributed by atoms with Gasteiger partial charge in [0.1, 0.15) is 0 Å². The first-order chi connectivity index (χ1) is 10.6. The van der Waals surface area contributed by atoms with E-state index in [1.165, 1.54) is 11.1 Å². The molecular formula is C17H24N2O2S. The van der Waals surface area contributed by atoms with Crippen molar-refractivity contribution in [3.63, 3.8) is 0 Å². The van der Waals surface area contributed by atoms with Crippen LogP contribution < -0.4 is 4.72 Å². The first kappa shape index (κ1) is 14.7. The average Bonchev–Trinajstić information content (AvgIpc) is 3.09. The summed E-state index contributed by atoms with van der Waals surface area (Å²) in [4.78, 5) is 0. The summed E-state index contributed by atoms with van der Waals surface area (Å²) < 4.78 is 29.9. The van der Waals surface area contributed by atoms with Crippen molar-refractivity contribution in [1.29, 1.82) is 0 Å². The van der Waals surface area contributed by atoms with Crippen molar-refractivity contribution < 1.29 is 8.42 Å².